The third-order valence-corrected chi connectivity index (χ3v) is 3.38. The second kappa shape index (κ2) is 6.83. The average molecular weight is 293 g/mol. The van der Waals surface area contributed by atoms with Gasteiger partial charge in [-0.3, -0.25) is 4.79 Å². The number of urea groups is 1. The number of carbonyl (C=O) groups excluding carboxylic acids is 2. The minimum absolute atomic E-state index is 0.0328. The molecular weight excluding hydrogens is 274 g/mol. The Labute approximate surface area is 122 Å². The molecule has 0 atom stereocenters. The van der Waals surface area contributed by atoms with Crippen LogP contribution in [0.2, 0.25) is 0 Å². The maximum absolute atomic E-state index is 12.0. The summed E-state index contributed by atoms with van der Waals surface area (Å²) >= 11 is 0. The summed E-state index contributed by atoms with van der Waals surface area (Å²) in [5.41, 5.74) is 5.19. The summed E-state index contributed by atoms with van der Waals surface area (Å²) in [4.78, 5) is 26.2. The van der Waals surface area contributed by atoms with Gasteiger partial charge < -0.3 is 25.4 Å². The lowest BCUT2D eigenvalue weighted by Crippen LogP contribution is -2.52. The molecule has 3 amide bonds. The molecule has 1 fully saturated rings. The minimum atomic E-state index is -0.454. The molecule has 0 spiro atoms. The first kappa shape index (κ1) is 15.0. The van der Waals surface area contributed by atoms with E-state index >= 15 is 0 Å². The van der Waals surface area contributed by atoms with E-state index in [9.17, 15) is 14.7 Å². The molecule has 0 unspecified atom stereocenters. The van der Waals surface area contributed by atoms with Gasteiger partial charge in [0.1, 0.15) is 0 Å². The molecule has 0 saturated carbocycles. The van der Waals surface area contributed by atoms with Crippen molar-refractivity contribution < 1.29 is 19.4 Å². The number of primary amides is 1. The van der Waals surface area contributed by atoms with Gasteiger partial charge in [-0.2, -0.15) is 0 Å². The van der Waals surface area contributed by atoms with E-state index in [0.29, 0.717) is 31.9 Å². The Morgan fingerprint density at radius 3 is 2.38 bits per heavy atom. The predicted molar refractivity (Wildman–Crippen MR) is 76.0 cm³/mol. The molecule has 1 saturated heterocycles. The number of phenolic OH excluding ortho intramolecular Hbond substituents is 1. The molecule has 114 valence electrons. The number of rotatable bonds is 4. The summed E-state index contributed by atoms with van der Waals surface area (Å²) in [6.07, 6.45) is 0.227. The van der Waals surface area contributed by atoms with Crippen molar-refractivity contribution in [3.63, 3.8) is 0 Å². The molecule has 1 aliphatic rings. The molecule has 21 heavy (non-hydrogen) atoms. The van der Waals surface area contributed by atoms with Gasteiger partial charge in [0.2, 0.25) is 5.91 Å². The molecule has 2 rings (SSSR count). The van der Waals surface area contributed by atoms with Crippen LogP contribution in [0.5, 0.6) is 11.5 Å². The molecule has 0 radical (unpaired) electrons. The van der Waals surface area contributed by atoms with E-state index in [2.05, 4.69) is 0 Å². The number of piperazine rings is 1. The van der Waals surface area contributed by atoms with Crippen LogP contribution >= 0.6 is 0 Å². The highest BCUT2D eigenvalue weighted by Gasteiger charge is 2.22. The number of phenols is 1. The molecule has 0 aliphatic carbocycles. The van der Waals surface area contributed by atoms with Crippen molar-refractivity contribution in [1.82, 2.24) is 9.80 Å². The Balaban J connectivity index is 1.73. The van der Waals surface area contributed by atoms with Gasteiger partial charge in [-0.05, 0) is 12.1 Å². The van der Waals surface area contributed by atoms with E-state index in [1.165, 1.54) is 11.0 Å². The number of hydrogen-bond donors (Lipinski definition) is 2. The van der Waals surface area contributed by atoms with Crippen LogP contribution in [0.25, 0.3) is 0 Å². The molecule has 1 heterocycles. The van der Waals surface area contributed by atoms with E-state index in [4.69, 9.17) is 10.5 Å². The first-order valence-electron chi connectivity index (χ1n) is 6.81. The fourth-order valence-electron chi connectivity index (χ4n) is 2.16. The van der Waals surface area contributed by atoms with Crippen LogP contribution in [0.1, 0.15) is 6.42 Å². The normalized spacial score (nSPS) is 14.9. The van der Waals surface area contributed by atoms with Gasteiger partial charge in [0, 0.05) is 26.2 Å². The Hall–Kier alpha value is -2.44. The zero-order chi connectivity index (χ0) is 15.2. The number of para-hydroxylation sites is 2. The van der Waals surface area contributed by atoms with Crippen molar-refractivity contribution in [2.24, 2.45) is 5.73 Å². The second-order valence-corrected chi connectivity index (χ2v) is 4.77. The summed E-state index contributed by atoms with van der Waals surface area (Å²) in [7, 11) is 0. The lowest BCUT2D eigenvalue weighted by atomic mass is 10.3. The molecule has 0 bridgehead atoms. The smallest absolute Gasteiger partial charge is 0.314 e. The van der Waals surface area contributed by atoms with Crippen LogP contribution in [0.4, 0.5) is 4.79 Å². The Bertz CT molecular complexity index is 513. The molecule has 7 heteroatoms. The summed E-state index contributed by atoms with van der Waals surface area (Å²) in [6.45, 7) is 2.09. The topological polar surface area (TPSA) is 96.1 Å². The molecule has 1 aromatic carbocycles. The van der Waals surface area contributed by atoms with Crippen LogP contribution in [0.15, 0.2) is 24.3 Å². The minimum Gasteiger partial charge on any atom is -0.504 e. The molecule has 7 nitrogen and oxygen atoms in total. The van der Waals surface area contributed by atoms with Crippen LogP contribution < -0.4 is 10.5 Å². The quantitative estimate of drug-likeness (QED) is 0.839. The maximum Gasteiger partial charge on any atom is 0.314 e. The van der Waals surface area contributed by atoms with E-state index < -0.39 is 6.03 Å². The first-order valence-corrected chi connectivity index (χ1v) is 6.81. The Morgan fingerprint density at radius 2 is 1.76 bits per heavy atom. The lowest BCUT2D eigenvalue weighted by molar-refractivity contribution is -0.133. The average Bonchev–Trinajstić information content (AvgIpc) is 2.49. The Kier molecular flexibility index (Phi) is 4.86. The number of nitrogens with two attached hydrogens (primary N) is 1. The molecule has 1 aromatic rings. The fourth-order valence-corrected chi connectivity index (χ4v) is 2.16. The maximum atomic E-state index is 12.0. The molecule has 3 N–H and O–H groups in total. The zero-order valence-corrected chi connectivity index (χ0v) is 11.7. The summed E-state index contributed by atoms with van der Waals surface area (Å²) in [5.74, 6) is 0.387. The predicted octanol–water partition coefficient (Wildman–Crippen LogP) is 0.384. The third kappa shape index (κ3) is 4.01. The van der Waals surface area contributed by atoms with Gasteiger partial charge in [-0.1, -0.05) is 12.1 Å². The SMILES string of the molecule is NC(=O)N1CCN(C(=O)CCOc2ccccc2O)CC1. The number of aromatic hydroxyl groups is 1. The summed E-state index contributed by atoms with van der Waals surface area (Å²) in [5, 5.41) is 9.54. The number of carbonyl (C=O) groups is 2. The first-order chi connectivity index (χ1) is 10.1. The van der Waals surface area contributed by atoms with Crippen molar-refractivity contribution in [3.8, 4) is 11.5 Å². The summed E-state index contributed by atoms with van der Waals surface area (Å²) < 4.78 is 5.38. The highest BCUT2D eigenvalue weighted by Crippen LogP contribution is 2.24. The largest absolute Gasteiger partial charge is 0.504 e. The van der Waals surface area contributed by atoms with Gasteiger partial charge in [0.05, 0.1) is 13.0 Å². The summed E-state index contributed by atoms with van der Waals surface area (Å²) in [6, 6.07) is 6.17. The number of hydrogen-bond acceptors (Lipinski definition) is 4. The van der Waals surface area contributed by atoms with Crippen molar-refractivity contribution in [2.45, 2.75) is 6.42 Å². The highest BCUT2D eigenvalue weighted by molar-refractivity contribution is 5.77. The van der Waals surface area contributed by atoms with Gasteiger partial charge in [0.15, 0.2) is 11.5 Å². The number of nitrogens with zero attached hydrogens (tertiary/aromatic N) is 2. The van der Waals surface area contributed by atoms with Crippen molar-refractivity contribution in [3.05, 3.63) is 24.3 Å². The zero-order valence-electron chi connectivity index (χ0n) is 11.7. The molecular formula is C14H19N3O4. The van der Waals surface area contributed by atoms with Crippen molar-refractivity contribution >= 4 is 11.9 Å². The number of benzene rings is 1. The van der Waals surface area contributed by atoms with Crippen LogP contribution in [-0.4, -0.2) is 59.6 Å². The van der Waals surface area contributed by atoms with Gasteiger partial charge >= 0.3 is 6.03 Å². The van der Waals surface area contributed by atoms with Crippen molar-refractivity contribution in [2.75, 3.05) is 32.8 Å². The second-order valence-electron chi connectivity index (χ2n) is 4.77. The molecule has 1 aliphatic heterocycles. The monoisotopic (exact) mass is 293 g/mol. The van der Waals surface area contributed by atoms with Gasteiger partial charge in [0.25, 0.3) is 0 Å². The van der Waals surface area contributed by atoms with Crippen LogP contribution in [0, 0.1) is 0 Å². The third-order valence-electron chi connectivity index (χ3n) is 3.38. The lowest BCUT2D eigenvalue weighted by Gasteiger charge is -2.33. The fraction of sp³-hybridized carbons (Fsp3) is 0.429. The van der Waals surface area contributed by atoms with Crippen LogP contribution in [0.3, 0.4) is 0 Å². The Morgan fingerprint density at radius 1 is 1.14 bits per heavy atom. The van der Waals surface area contributed by atoms with E-state index in [1.807, 2.05) is 0 Å². The number of amides is 3. The van der Waals surface area contributed by atoms with Crippen LogP contribution in [-0.2, 0) is 4.79 Å². The van der Waals surface area contributed by atoms with E-state index in [1.54, 1.807) is 23.1 Å². The van der Waals surface area contributed by atoms with E-state index in [0.717, 1.165) is 0 Å². The number of ether oxygens (including phenoxy) is 1. The molecule has 0 aromatic heterocycles. The highest BCUT2D eigenvalue weighted by atomic mass is 16.5. The van der Waals surface area contributed by atoms with Gasteiger partial charge in [-0.25, -0.2) is 4.79 Å². The van der Waals surface area contributed by atoms with Crippen molar-refractivity contribution in [1.29, 1.82) is 0 Å². The van der Waals surface area contributed by atoms with Gasteiger partial charge in [-0.15, -0.1) is 0 Å². The standard InChI is InChI=1S/C14H19N3O4/c15-14(20)17-8-6-16(7-9-17)13(19)5-10-21-12-4-2-1-3-11(12)18/h1-4,18H,5-10H2,(H2,15,20). The van der Waals surface area contributed by atoms with E-state index in [-0.39, 0.29) is 24.7 Å².